The molecule has 1 saturated heterocycles. The molecule has 0 bridgehead atoms. The summed E-state index contributed by atoms with van der Waals surface area (Å²) >= 11 is 1.09. The average Bonchev–Trinajstić information content (AvgIpc) is 3.24. The first-order valence-corrected chi connectivity index (χ1v) is 14.6. The molecule has 180 valence electrons. The fourth-order valence-corrected chi connectivity index (χ4v) is 7.29. The van der Waals surface area contributed by atoms with Gasteiger partial charge in [-0.25, -0.2) is 16.8 Å². The Bertz CT molecular complexity index is 1350. The quantitative estimate of drug-likeness (QED) is 0.481. The lowest BCUT2D eigenvalue weighted by molar-refractivity contribution is 0.102. The van der Waals surface area contributed by atoms with E-state index in [1.807, 2.05) is 0 Å². The average molecular weight is 520 g/mol. The number of nitrogens with zero attached hydrogens (tertiary/aromatic N) is 1. The molecule has 2 heterocycles. The maximum Gasteiger partial charge on any atom is 0.271 e. The molecular weight excluding hydrogens is 494 g/mol. The number of amides is 1. The Morgan fingerprint density at radius 3 is 2.06 bits per heavy atom. The second kappa shape index (κ2) is 10.3. The molecule has 1 amide bonds. The molecule has 1 aromatic heterocycles. The number of benzene rings is 2. The first-order valence-electron chi connectivity index (χ1n) is 10.8. The molecule has 11 heteroatoms. The van der Waals surface area contributed by atoms with Crippen molar-refractivity contribution in [2.75, 3.05) is 23.1 Å². The van der Waals surface area contributed by atoms with E-state index >= 15 is 0 Å². The van der Waals surface area contributed by atoms with Crippen LogP contribution < -0.4 is 10.0 Å². The van der Waals surface area contributed by atoms with Crippen LogP contribution >= 0.6 is 11.3 Å². The Morgan fingerprint density at radius 2 is 1.44 bits per heavy atom. The molecule has 34 heavy (non-hydrogen) atoms. The van der Waals surface area contributed by atoms with Crippen molar-refractivity contribution in [1.82, 2.24) is 4.31 Å². The molecule has 1 aliphatic rings. The molecule has 8 nitrogen and oxygen atoms in total. The van der Waals surface area contributed by atoms with Crippen molar-refractivity contribution >= 4 is 48.7 Å². The van der Waals surface area contributed by atoms with Crippen LogP contribution in [0.3, 0.4) is 0 Å². The standard InChI is InChI=1S/C23H25N3O5S3/c27-23(18-11-13-19(14-12-18)34(30,31)26-15-5-1-2-6-16-26)24-20-8-3-4-9-21(20)25-33(28,29)22-10-7-17-32-22/h3-4,7-14,17,25H,1-2,5-6,15-16H2,(H,24,27). The molecule has 1 aliphatic heterocycles. The van der Waals surface area contributed by atoms with Gasteiger partial charge in [0.25, 0.3) is 15.9 Å². The Labute approximate surface area is 203 Å². The van der Waals surface area contributed by atoms with Crippen molar-refractivity contribution in [2.24, 2.45) is 0 Å². The predicted molar refractivity (Wildman–Crippen MR) is 133 cm³/mol. The Kier molecular flexibility index (Phi) is 7.36. The van der Waals surface area contributed by atoms with E-state index in [0.717, 1.165) is 37.0 Å². The van der Waals surface area contributed by atoms with E-state index in [4.69, 9.17) is 0 Å². The van der Waals surface area contributed by atoms with Gasteiger partial charge >= 0.3 is 0 Å². The summed E-state index contributed by atoms with van der Waals surface area (Å²) in [4.78, 5) is 13.0. The number of nitrogens with one attached hydrogen (secondary N) is 2. The summed E-state index contributed by atoms with van der Waals surface area (Å²) in [6, 6.07) is 15.4. The number of rotatable bonds is 7. The normalized spacial score (nSPS) is 15.4. The number of carbonyl (C=O) groups excluding carboxylic acids is 1. The Morgan fingerprint density at radius 1 is 0.794 bits per heavy atom. The Balaban J connectivity index is 1.50. The van der Waals surface area contributed by atoms with E-state index in [-0.39, 0.29) is 26.0 Å². The number of sulfonamides is 2. The maximum absolute atomic E-state index is 12.9. The van der Waals surface area contributed by atoms with Crippen molar-refractivity contribution in [3.8, 4) is 0 Å². The monoisotopic (exact) mass is 519 g/mol. The highest BCUT2D eigenvalue weighted by atomic mass is 32.2. The van der Waals surface area contributed by atoms with E-state index in [1.165, 1.54) is 34.6 Å². The lowest BCUT2D eigenvalue weighted by atomic mass is 10.2. The fraction of sp³-hybridized carbons (Fsp3) is 0.261. The largest absolute Gasteiger partial charge is 0.320 e. The van der Waals surface area contributed by atoms with Crippen LogP contribution in [0, 0.1) is 0 Å². The summed E-state index contributed by atoms with van der Waals surface area (Å²) in [7, 11) is -7.39. The topological polar surface area (TPSA) is 113 Å². The molecule has 0 unspecified atom stereocenters. The third kappa shape index (κ3) is 5.49. The lowest BCUT2D eigenvalue weighted by Crippen LogP contribution is -2.31. The maximum atomic E-state index is 12.9. The number of hydrogen-bond donors (Lipinski definition) is 2. The minimum Gasteiger partial charge on any atom is -0.320 e. The summed E-state index contributed by atoms with van der Waals surface area (Å²) in [5.74, 6) is -0.485. The van der Waals surface area contributed by atoms with Crippen LogP contribution in [0.1, 0.15) is 36.0 Å². The van der Waals surface area contributed by atoms with Gasteiger partial charge in [0, 0.05) is 18.7 Å². The highest BCUT2D eigenvalue weighted by Crippen LogP contribution is 2.27. The SMILES string of the molecule is O=C(Nc1ccccc1NS(=O)(=O)c1cccs1)c1ccc(S(=O)(=O)N2CCCCCC2)cc1. The van der Waals surface area contributed by atoms with Crippen LogP contribution in [0.5, 0.6) is 0 Å². The van der Waals surface area contributed by atoms with E-state index < -0.39 is 26.0 Å². The Hall–Kier alpha value is -2.73. The third-order valence-corrected chi connectivity index (χ3v) is 10.2. The van der Waals surface area contributed by atoms with E-state index in [1.54, 1.807) is 35.7 Å². The highest BCUT2D eigenvalue weighted by molar-refractivity contribution is 7.94. The van der Waals surface area contributed by atoms with Gasteiger partial charge in [-0.15, -0.1) is 11.3 Å². The van der Waals surface area contributed by atoms with Crippen LogP contribution in [-0.4, -0.2) is 40.1 Å². The molecule has 2 aromatic carbocycles. The van der Waals surface area contributed by atoms with Gasteiger partial charge in [0.1, 0.15) is 4.21 Å². The highest BCUT2D eigenvalue weighted by Gasteiger charge is 2.25. The molecule has 4 rings (SSSR count). The number of hydrogen-bond acceptors (Lipinski definition) is 6. The summed E-state index contributed by atoms with van der Waals surface area (Å²) in [5, 5.41) is 4.37. The van der Waals surface area contributed by atoms with Gasteiger partial charge in [-0.1, -0.05) is 31.0 Å². The van der Waals surface area contributed by atoms with E-state index in [0.29, 0.717) is 13.1 Å². The van der Waals surface area contributed by atoms with Gasteiger partial charge in [-0.3, -0.25) is 9.52 Å². The summed E-state index contributed by atoms with van der Waals surface area (Å²) in [6.45, 7) is 1.01. The van der Waals surface area contributed by atoms with Gasteiger partial charge in [0.15, 0.2) is 0 Å². The van der Waals surface area contributed by atoms with Gasteiger partial charge in [0.05, 0.1) is 16.3 Å². The number of thiophene rings is 1. The van der Waals surface area contributed by atoms with Gasteiger partial charge < -0.3 is 5.32 Å². The summed E-state index contributed by atoms with van der Waals surface area (Å²) in [6.07, 6.45) is 3.73. The van der Waals surface area contributed by atoms with Crippen LogP contribution in [0.4, 0.5) is 11.4 Å². The molecule has 2 N–H and O–H groups in total. The molecule has 3 aromatic rings. The van der Waals surface area contributed by atoms with Crippen LogP contribution in [0.2, 0.25) is 0 Å². The molecular formula is C23H25N3O5S3. The number of anilines is 2. The molecule has 1 fully saturated rings. The van der Waals surface area contributed by atoms with Gasteiger partial charge in [-0.2, -0.15) is 4.31 Å². The van der Waals surface area contributed by atoms with Crippen molar-refractivity contribution in [3.05, 3.63) is 71.6 Å². The van der Waals surface area contributed by atoms with Crippen molar-refractivity contribution < 1.29 is 21.6 Å². The van der Waals surface area contributed by atoms with Crippen LogP contribution in [0.25, 0.3) is 0 Å². The minimum absolute atomic E-state index is 0.148. The predicted octanol–water partition coefficient (Wildman–Crippen LogP) is 4.37. The second-order valence-electron chi connectivity index (χ2n) is 7.88. The zero-order valence-corrected chi connectivity index (χ0v) is 20.8. The van der Waals surface area contributed by atoms with Crippen molar-refractivity contribution in [1.29, 1.82) is 0 Å². The van der Waals surface area contributed by atoms with E-state index in [2.05, 4.69) is 10.0 Å². The van der Waals surface area contributed by atoms with Crippen LogP contribution in [0.15, 0.2) is 75.1 Å². The molecule has 0 spiro atoms. The third-order valence-electron chi connectivity index (χ3n) is 5.50. The smallest absolute Gasteiger partial charge is 0.271 e. The van der Waals surface area contributed by atoms with Crippen LogP contribution in [-0.2, 0) is 20.0 Å². The summed E-state index contributed by atoms with van der Waals surface area (Å²) in [5.41, 5.74) is 0.768. The zero-order valence-electron chi connectivity index (χ0n) is 18.3. The number of carbonyl (C=O) groups is 1. The molecule has 0 radical (unpaired) electrons. The molecule has 0 saturated carbocycles. The first-order chi connectivity index (χ1) is 16.3. The summed E-state index contributed by atoms with van der Waals surface area (Å²) < 4.78 is 55.2. The van der Waals surface area contributed by atoms with Gasteiger partial charge in [-0.05, 0) is 60.7 Å². The minimum atomic E-state index is -3.78. The van der Waals surface area contributed by atoms with Crippen molar-refractivity contribution in [2.45, 2.75) is 34.8 Å². The fourth-order valence-electron chi connectivity index (χ4n) is 3.70. The first kappa shape index (κ1) is 24.4. The van der Waals surface area contributed by atoms with Crippen molar-refractivity contribution in [3.63, 3.8) is 0 Å². The number of para-hydroxylation sites is 2. The van der Waals surface area contributed by atoms with Gasteiger partial charge in [0.2, 0.25) is 10.0 Å². The zero-order chi connectivity index (χ0) is 24.2. The molecule has 0 atom stereocenters. The lowest BCUT2D eigenvalue weighted by Gasteiger charge is -2.20. The second-order valence-corrected chi connectivity index (χ2v) is 12.7. The van der Waals surface area contributed by atoms with E-state index in [9.17, 15) is 21.6 Å². The molecule has 0 aliphatic carbocycles.